The third-order valence-electron chi connectivity index (χ3n) is 4.22. The van der Waals surface area contributed by atoms with Gasteiger partial charge < -0.3 is 15.5 Å². The lowest BCUT2D eigenvalue weighted by atomic mass is 9.96. The zero-order valence-corrected chi connectivity index (χ0v) is 12.2. The number of piperidine rings is 1. The Morgan fingerprint density at radius 1 is 1.32 bits per heavy atom. The molecule has 0 aromatic carbocycles. The van der Waals surface area contributed by atoms with Crippen molar-refractivity contribution in [1.82, 2.24) is 20.4 Å². The predicted octanol–water partition coefficient (Wildman–Crippen LogP) is -0.260. The topological polar surface area (TPSA) is 47.6 Å². The van der Waals surface area contributed by atoms with Gasteiger partial charge in [0.05, 0.1) is 0 Å². The third kappa shape index (κ3) is 5.47. The summed E-state index contributed by atoms with van der Waals surface area (Å²) in [6.07, 6.45) is 3.09. The van der Waals surface area contributed by atoms with Crippen molar-refractivity contribution in [2.45, 2.75) is 19.3 Å². The number of nitrogens with one attached hydrogen (secondary N) is 2. The van der Waals surface area contributed by atoms with Gasteiger partial charge >= 0.3 is 0 Å². The van der Waals surface area contributed by atoms with Crippen molar-refractivity contribution in [3.8, 4) is 0 Å². The molecule has 1 amide bonds. The molecule has 2 aliphatic rings. The molecule has 2 saturated heterocycles. The second-order valence-corrected chi connectivity index (χ2v) is 5.91. The molecular formula is C14H28N4O. The first-order valence-electron chi connectivity index (χ1n) is 7.62. The van der Waals surface area contributed by atoms with Crippen LogP contribution in [0.4, 0.5) is 0 Å². The highest BCUT2D eigenvalue weighted by Crippen LogP contribution is 2.13. The number of piperazine rings is 1. The minimum atomic E-state index is 0.225. The SMILES string of the molecule is CN1CCN(CCNC(=O)CC2CCCNC2)CC1. The van der Waals surface area contributed by atoms with Crippen LogP contribution in [0.25, 0.3) is 0 Å². The summed E-state index contributed by atoms with van der Waals surface area (Å²) in [4.78, 5) is 16.6. The second kappa shape index (κ2) is 7.82. The molecule has 2 aliphatic heterocycles. The van der Waals surface area contributed by atoms with Crippen molar-refractivity contribution in [1.29, 1.82) is 0 Å². The van der Waals surface area contributed by atoms with Gasteiger partial charge in [-0.25, -0.2) is 0 Å². The van der Waals surface area contributed by atoms with E-state index in [0.717, 1.165) is 52.4 Å². The van der Waals surface area contributed by atoms with E-state index < -0.39 is 0 Å². The lowest BCUT2D eigenvalue weighted by molar-refractivity contribution is -0.122. The highest BCUT2D eigenvalue weighted by atomic mass is 16.1. The van der Waals surface area contributed by atoms with Crippen molar-refractivity contribution in [3.05, 3.63) is 0 Å². The summed E-state index contributed by atoms with van der Waals surface area (Å²) < 4.78 is 0. The average Bonchev–Trinajstić information content (AvgIpc) is 2.42. The number of likely N-dealkylation sites (N-methyl/N-ethyl adjacent to an activating group) is 1. The third-order valence-corrected chi connectivity index (χ3v) is 4.22. The average molecular weight is 268 g/mol. The second-order valence-electron chi connectivity index (χ2n) is 5.91. The van der Waals surface area contributed by atoms with E-state index in [1.54, 1.807) is 0 Å². The Morgan fingerprint density at radius 3 is 2.79 bits per heavy atom. The molecule has 0 aliphatic carbocycles. The van der Waals surface area contributed by atoms with Gasteiger partial charge in [0.15, 0.2) is 0 Å². The molecule has 0 spiro atoms. The summed E-state index contributed by atoms with van der Waals surface area (Å²) in [5.41, 5.74) is 0. The van der Waals surface area contributed by atoms with E-state index in [9.17, 15) is 4.79 Å². The lowest BCUT2D eigenvalue weighted by Crippen LogP contribution is -2.47. The van der Waals surface area contributed by atoms with Gasteiger partial charge in [-0.3, -0.25) is 9.69 Å². The smallest absolute Gasteiger partial charge is 0.220 e. The number of amides is 1. The summed E-state index contributed by atoms with van der Waals surface area (Å²) >= 11 is 0. The van der Waals surface area contributed by atoms with Gasteiger partial charge in [-0.05, 0) is 38.9 Å². The summed E-state index contributed by atoms with van der Waals surface area (Å²) in [6, 6.07) is 0. The van der Waals surface area contributed by atoms with E-state index in [-0.39, 0.29) is 5.91 Å². The van der Waals surface area contributed by atoms with Crippen LogP contribution in [0.5, 0.6) is 0 Å². The van der Waals surface area contributed by atoms with E-state index in [0.29, 0.717) is 12.3 Å². The summed E-state index contributed by atoms with van der Waals surface area (Å²) in [5.74, 6) is 0.764. The van der Waals surface area contributed by atoms with Gasteiger partial charge in [0.2, 0.25) is 5.91 Å². The molecule has 1 unspecified atom stereocenters. The van der Waals surface area contributed by atoms with E-state index in [4.69, 9.17) is 0 Å². The van der Waals surface area contributed by atoms with E-state index in [1.807, 2.05) is 0 Å². The van der Waals surface area contributed by atoms with Crippen LogP contribution < -0.4 is 10.6 Å². The van der Waals surface area contributed by atoms with Gasteiger partial charge in [0, 0.05) is 45.7 Å². The molecule has 0 radical (unpaired) electrons. The Bertz CT molecular complexity index is 271. The summed E-state index contributed by atoms with van der Waals surface area (Å²) in [7, 11) is 2.16. The van der Waals surface area contributed by atoms with E-state index in [1.165, 1.54) is 12.8 Å². The molecule has 2 heterocycles. The zero-order valence-electron chi connectivity index (χ0n) is 12.2. The largest absolute Gasteiger partial charge is 0.355 e. The maximum atomic E-state index is 11.8. The molecule has 0 bridgehead atoms. The van der Waals surface area contributed by atoms with Gasteiger partial charge in [0.1, 0.15) is 0 Å². The molecule has 2 fully saturated rings. The molecule has 110 valence electrons. The Labute approximate surface area is 116 Å². The van der Waals surface area contributed by atoms with Crippen molar-refractivity contribution < 1.29 is 4.79 Å². The van der Waals surface area contributed by atoms with Gasteiger partial charge in [-0.2, -0.15) is 0 Å². The van der Waals surface area contributed by atoms with Crippen molar-refractivity contribution in [2.24, 2.45) is 5.92 Å². The molecule has 5 heteroatoms. The number of hydrogen-bond acceptors (Lipinski definition) is 4. The molecule has 2 rings (SSSR count). The highest BCUT2D eigenvalue weighted by Gasteiger charge is 2.17. The molecule has 2 N–H and O–H groups in total. The standard InChI is InChI=1S/C14H28N4O/c1-17-7-9-18(10-8-17)6-5-16-14(19)11-13-3-2-4-15-12-13/h13,15H,2-12H2,1H3,(H,16,19). The van der Waals surface area contributed by atoms with Crippen molar-refractivity contribution in [3.63, 3.8) is 0 Å². The maximum absolute atomic E-state index is 11.8. The molecule has 1 atom stereocenters. The van der Waals surface area contributed by atoms with Crippen molar-refractivity contribution in [2.75, 3.05) is 59.4 Å². The lowest BCUT2D eigenvalue weighted by Gasteiger charge is -2.32. The fraction of sp³-hybridized carbons (Fsp3) is 0.929. The van der Waals surface area contributed by atoms with E-state index in [2.05, 4.69) is 27.5 Å². The van der Waals surface area contributed by atoms with Crippen LogP contribution in [0.1, 0.15) is 19.3 Å². The Morgan fingerprint density at radius 2 is 2.11 bits per heavy atom. The quantitative estimate of drug-likeness (QED) is 0.721. The van der Waals surface area contributed by atoms with Crippen LogP contribution in [0.3, 0.4) is 0 Å². The van der Waals surface area contributed by atoms with Crippen LogP contribution in [0.15, 0.2) is 0 Å². The van der Waals surface area contributed by atoms with Crippen molar-refractivity contribution >= 4 is 5.91 Å². The molecular weight excluding hydrogens is 240 g/mol. The maximum Gasteiger partial charge on any atom is 0.220 e. The number of nitrogens with zero attached hydrogens (tertiary/aromatic N) is 2. The van der Waals surface area contributed by atoms with Crippen LogP contribution >= 0.6 is 0 Å². The Hall–Kier alpha value is -0.650. The fourth-order valence-corrected chi connectivity index (χ4v) is 2.86. The van der Waals surface area contributed by atoms with Crippen LogP contribution in [0, 0.1) is 5.92 Å². The number of carbonyl (C=O) groups is 1. The van der Waals surface area contributed by atoms with E-state index >= 15 is 0 Å². The molecule has 19 heavy (non-hydrogen) atoms. The van der Waals surface area contributed by atoms with Crippen LogP contribution in [-0.2, 0) is 4.79 Å². The zero-order chi connectivity index (χ0) is 13.5. The number of rotatable bonds is 5. The highest BCUT2D eigenvalue weighted by molar-refractivity contribution is 5.76. The van der Waals surface area contributed by atoms with Crippen LogP contribution in [0.2, 0.25) is 0 Å². The van der Waals surface area contributed by atoms with Gasteiger partial charge in [-0.15, -0.1) is 0 Å². The number of carbonyl (C=O) groups excluding carboxylic acids is 1. The Balaban J connectivity index is 1.53. The van der Waals surface area contributed by atoms with Crippen LogP contribution in [-0.4, -0.2) is 75.1 Å². The summed E-state index contributed by atoms with van der Waals surface area (Å²) in [5, 5.41) is 6.43. The minimum absolute atomic E-state index is 0.225. The van der Waals surface area contributed by atoms with Gasteiger partial charge in [-0.1, -0.05) is 0 Å². The fourth-order valence-electron chi connectivity index (χ4n) is 2.86. The minimum Gasteiger partial charge on any atom is -0.355 e. The molecule has 0 aromatic heterocycles. The monoisotopic (exact) mass is 268 g/mol. The first-order chi connectivity index (χ1) is 9.24. The molecule has 0 saturated carbocycles. The van der Waals surface area contributed by atoms with Gasteiger partial charge in [0.25, 0.3) is 0 Å². The summed E-state index contributed by atoms with van der Waals surface area (Å²) in [6.45, 7) is 8.43. The first-order valence-corrected chi connectivity index (χ1v) is 7.62. The number of hydrogen-bond donors (Lipinski definition) is 2. The molecule has 0 aromatic rings. The molecule has 5 nitrogen and oxygen atoms in total. The Kier molecular flexibility index (Phi) is 6.07. The predicted molar refractivity (Wildman–Crippen MR) is 77.2 cm³/mol. The normalized spacial score (nSPS) is 26.3. The first kappa shape index (κ1) is 14.8.